The fraction of sp³-hybridized carbons (Fsp3) is 0.467. The predicted molar refractivity (Wildman–Crippen MR) is 78.3 cm³/mol. The lowest BCUT2D eigenvalue weighted by Gasteiger charge is -2.20. The number of hydrogen-bond donors (Lipinski definition) is 2. The van der Waals surface area contributed by atoms with Gasteiger partial charge in [-0.1, -0.05) is 19.1 Å². The van der Waals surface area contributed by atoms with E-state index >= 15 is 0 Å². The molecule has 0 bridgehead atoms. The molecule has 0 saturated carbocycles. The lowest BCUT2D eigenvalue weighted by molar-refractivity contribution is 0.452. The molecule has 0 fully saturated rings. The van der Waals surface area contributed by atoms with Gasteiger partial charge in [-0.2, -0.15) is 0 Å². The molecule has 0 saturated heterocycles. The van der Waals surface area contributed by atoms with Gasteiger partial charge in [0.05, 0.1) is 0 Å². The van der Waals surface area contributed by atoms with Crippen LogP contribution in [0.2, 0.25) is 0 Å². The summed E-state index contributed by atoms with van der Waals surface area (Å²) in [5, 5.41) is 13.5. The fourth-order valence-corrected chi connectivity index (χ4v) is 1.91. The quantitative estimate of drug-likeness (QED) is 0.728. The number of phenolic OH excluding ortho intramolecular Hbond substituents is 1. The number of benzene rings is 1. The second-order valence-electron chi connectivity index (χ2n) is 4.59. The van der Waals surface area contributed by atoms with E-state index in [0.29, 0.717) is 5.75 Å². The van der Waals surface area contributed by atoms with E-state index in [9.17, 15) is 5.11 Å². The second kappa shape index (κ2) is 7.07. The molecular weight excluding hydrogens is 224 g/mol. The molecule has 1 aromatic carbocycles. The van der Waals surface area contributed by atoms with Crippen molar-refractivity contribution in [1.82, 2.24) is 5.32 Å². The summed E-state index contributed by atoms with van der Waals surface area (Å²) in [6.07, 6.45) is 2.93. The molecule has 3 heteroatoms. The van der Waals surface area contributed by atoms with Crippen molar-refractivity contribution >= 4 is 5.69 Å². The van der Waals surface area contributed by atoms with Crippen LogP contribution in [0.3, 0.4) is 0 Å². The zero-order valence-electron chi connectivity index (χ0n) is 11.6. The lowest BCUT2D eigenvalue weighted by atomic mass is 10.1. The second-order valence-corrected chi connectivity index (χ2v) is 4.59. The first-order valence-electron chi connectivity index (χ1n) is 6.48. The zero-order chi connectivity index (χ0) is 13.5. The largest absolute Gasteiger partial charge is 0.508 e. The van der Waals surface area contributed by atoms with Crippen molar-refractivity contribution in [2.75, 3.05) is 25.0 Å². The molecule has 1 atom stereocenters. The van der Waals surface area contributed by atoms with E-state index in [1.54, 1.807) is 0 Å². The number of rotatable bonds is 7. The molecule has 0 radical (unpaired) electrons. The van der Waals surface area contributed by atoms with E-state index in [1.165, 1.54) is 0 Å². The van der Waals surface area contributed by atoms with Gasteiger partial charge in [0.2, 0.25) is 0 Å². The molecule has 0 aliphatic carbocycles. The highest BCUT2D eigenvalue weighted by Crippen LogP contribution is 2.28. The summed E-state index contributed by atoms with van der Waals surface area (Å²) < 4.78 is 0. The van der Waals surface area contributed by atoms with E-state index in [0.717, 1.165) is 30.8 Å². The molecule has 3 nitrogen and oxygen atoms in total. The van der Waals surface area contributed by atoms with Gasteiger partial charge >= 0.3 is 0 Å². The summed E-state index contributed by atoms with van der Waals surface area (Å²) in [7, 11) is 1.98. The molecule has 1 unspecified atom stereocenters. The first kappa shape index (κ1) is 14.6. The average Bonchev–Trinajstić information content (AvgIpc) is 2.36. The van der Waals surface area contributed by atoms with Crippen molar-refractivity contribution in [2.45, 2.75) is 26.3 Å². The van der Waals surface area contributed by atoms with Gasteiger partial charge in [-0.05, 0) is 26.0 Å². The normalized spacial score (nSPS) is 12.2. The summed E-state index contributed by atoms with van der Waals surface area (Å²) in [5.41, 5.74) is 1.94. The molecule has 2 N–H and O–H groups in total. The molecule has 0 aliphatic heterocycles. The van der Waals surface area contributed by atoms with Crippen molar-refractivity contribution in [3.8, 4) is 5.75 Å². The molecule has 0 aliphatic rings. The van der Waals surface area contributed by atoms with Gasteiger partial charge in [-0.25, -0.2) is 0 Å². The maximum Gasteiger partial charge on any atom is 0.122 e. The van der Waals surface area contributed by atoms with Crippen LogP contribution in [0.5, 0.6) is 5.75 Å². The van der Waals surface area contributed by atoms with Crippen molar-refractivity contribution in [3.05, 3.63) is 36.4 Å². The minimum absolute atomic E-state index is 0.170. The Bertz CT molecular complexity index is 390. The molecular formula is C15H24N2O. The number of anilines is 1. The van der Waals surface area contributed by atoms with Crippen LogP contribution in [-0.2, 0) is 0 Å². The minimum atomic E-state index is 0.170. The first-order valence-corrected chi connectivity index (χ1v) is 6.48. The highest BCUT2D eigenvalue weighted by molar-refractivity contribution is 5.53. The maximum absolute atomic E-state index is 10.1. The molecule has 1 aromatic rings. The monoisotopic (exact) mass is 248 g/mol. The molecule has 1 rings (SSSR count). The predicted octanol–water partition coefficient (Wildman–Crippen LogP) is 3.08. The smallest absolute Gasteiger partial charge is 0.122 e. The van der Waals surface area contributed by atoms with Gasteiger partial charge in [0.25, 0.3) is 0 Å². The molecule has 0 aromatic heterocycles. The van der Waals surface area contributed by atoms with Crippen LogP contribution in [0.1, 0.15) is 31.9 Å². The number of aromatic hydroxyl groups is 1. The summed E-state index contributed by atoms with van der Waals surface area (Å²) >= 11 is 0. The topological polar surface area (TPSA) is 35.5 Å². The molecule has 0 spiro atoms. The van der Waals surface area contributed by atoms with Crippen LogP contribution in [-0.4, -0.2) is 25.2 Å². The SMILES string of the molecule is C=CCN(C)c1ccc(C(C)NCCC)c(O)c1. The Hall–Kier alpha value is -1.48. The number of likely N-dealkylation sites (N-methyl/N-ethyl adjacent to an activating group) is 1. The highest BCUT2D eigenvalue weighted by Gasteiger charge is 2.11. The fourth-order valence-electron chi connectivity index (χ4n) is 1.91. The number of phenols is 1. The zero-order valence-corrected chi connectivity index (χ0v) is 11.6. The number of hydrogen-bond acceptors (Lipinski definition) is 3. The van der Waals surface area contributed by atoms with E-state index in [2.05, 4.69) is 25.7 Å². The molecule has 0 amide bonds. The third-order valence-corrected chi connectivity index (χ3v) is 3.02. The average molecular weight is 248 g/mol. The van der Waals surface area contributed by atoms with Gasteiger partial charge in [-0.3, -0.25) is 0 Å². The van der Waals surface area contributed by atoms with Crippen molar-refractivity contribution in [2.24, 2.45) is 0 Å². The Morgan fingerprint density at radius 2 is 2.22 bits per heavy atom. The Balaban J connectivity index is 2.81. The van der Waals surface area contributed by atoms with Gasteiger partial charge in [0.15, 0.2) is 0 Å². The first-order chi connectivity index (χ1) is 8.60. The van der Waals surface area contributed by atoms with E-state index in [1.807, 2.05) is 36.2 Å². The van der Waals surface area contributed by atoms with Crippen molar-refractivity contribution < 1.29 is 5.11 Å². The van der Waals surface area contributed by atoms with Crippen molar-refractivity contribution in [3.63, 3.8) is 0 Å². The van der Waals surface area contributed by atoms with Crippen LogP contribution >= 0.6 is 0 Å². The summed E-state index contributed by atoms with van der Waals surface area (Å²) in [5.74, 6) is 0.347. The third-order valence-electron chi connectivity index (χ3n) is 3.02. The summed E-state index contributed by atoms with van der Waals surface area (Å²) in [6.45, 7) is 9.64. The Kier molecular flexibility index (Phi) is 5.72. The van der Waals surface area contributed by atoms with Gasteiger partial charge in [-0.15, -0.1) is 6.58 Å². The molecule has 18 heavy (non-hydrogen) atoms. The van der Waals surface area contributed by atoms with Crippen LogP contribution in [0.4, 0.5) is 5.69 Å². The van der Waals surface area contributed by atoms with Crippen molar-refractivity contribution in [1.29, 1.82) is 0 Å². The maximum atomic E-state index is 10.1. The molecule has 0 heterocycles. The summed E-state index contributed by atoms with van der Waals surface area (Å²) in [4.78, 5) is 2.04. The third kappa shape index (κ3) is 3.77. The van der Waals surface area contributed by atoms with Gasteiger partial charge in [0, 0.05) is 37.0 Å². The molecule has 100 valence electrons. The van der Waals surface area contributed by atoms with Crippen LogP contribution in [0, 0.1) is 0 Å². The minimum Gasteiger partial charge on any atom is -0.508 e. The van der Waals surface area contributed by atoms with E-state index < -0.39 is 0 Å². The number of nitrogens with one attached hydrogen (secondary N) is 1. The van der Waals surface area contributed by atoms with Crippen LogP contribution in [0.25, 0.3) is 0 Å². The van der Waals surface area contributed by atoms with Crippen LogP contribution in [0.15, 0.2) is 30.9 Å². The Labute approximate surface area is 110 Å². The Morgan fingerprint density at radius 1 is 1.50 bits per heavy atom. The summed E-state index contributed by atoms with van der Waals surface area (Å²) in [6, 6.07) is 5.99. The van der Waals surface area contributed by atoms with E-state index in [-0.39, 0.29) is 6.04 Å². The van der Waals surface area contributed by atoms with Crippen LogP contribution < -0.4 is 10.2 Å². The Morgan fingerprint density at radius 3 is 2.78 bits per heavy atom. The van der Waals surface area contributed by atoms with Gasteiger partial charge < -0.3 is 15.3 Å². The standard InChI is InChI=1S/C15H24N2O/c1-5-9-16-12(3)14-8-7-13(11-15(14)18)17(4)10-6-2/h6-8,11-12,16,18H,2,5,9-10H2,1,3-4H3. The van der Waals surface area contributed by atoms with E-state index in [4.69, 9.17) is 0 Å². The number of nitrogens with zero attached hydrogens (tertiary/aromatic N) is 1. The van der Waals surface area contributed by atoms with Gasteiger partial charge in [0.1, 0.15) is 5.75 Å². The lowest BCUT2D eigenvalue weighted by Crippen LogP contribution is -2.20. The highest BCUT2D eigenvalue weighted by atomic mass is 16.3.